The summed E-state index contributed by atoms with van der Waals surface area (Å²) in [5.41, 5.74) is 1.85. The number of hydrogen-bond donors (Lipinski definition) is 1. The van der Waals surface area contributed by atoms with Crippen LogP contribution in [0.5, 0.6) is 5.75 Å². The van der Waals surface area contributed by atoms with Crippen molar-refractivity contribution in [2.75, 3.05) is 14.2 Å². The molecule has 0 amide bonds. The highest BCUT2D eigenvalue weighted by atomic mass is 16.5. The third-order valence-electron chi connectivity index (χ3n) is 2.85. The Morgan fingerprint density at radius 1 is 1.42 bits per heavy atom. The number of hydrogen-bond acceptors (Lipinski definition) is 4. The van der Waals surface area contributed by atoms with Gasteiger partial charge in [0.1, 0.15) is 5.75 Å². The van der Waals surface area contributed by atoms with E-state index in [2.05, 4.69) is 10.3 Å². The molecule has 2 aromatic rings. The van der Waals surface area contributed by atoms with Gasteiger partial charge in [0.05, 0.1) is 13.7 Å². The molecule has 1 heterocycles. The Morgan fingerprint density at radius 2 is 2.26 bits per heavy atom. The van der Waals surface area contributed by atoms with Gasteiger partial charge in [0.2, 0.25) is 0 Å². The first-order valence-electron chi connectivity index (χ1n) is 6.06. The Morgan fingerprint density at radius 3 is 2.95 bits per heavy atom. The monoisotopic (exact) mass is 259 g/mol. The van der Waals surface area contributed by atoms with Gasteiger partial charge in [-0.3, -0.25) is 4.57 Å². The lowest BCUT2D eigenvalue weighted by Crippen LogP contribution is -2.22. The van der Waals surface area contributed by atoms with E-state index >= 15 is 0 Å². The van der Waals surface area contributed by atoms with E-state index in [4.69, 9.17) is 4.74 Å². The van der Waals surface area contributed by atoms with Crippen LogP contribution in [-0.4, -0.2) is 23.7 Å². The highest BCUT2D eigenvalue weighted by Gasteiger charge is 2.06. The molecule has 1 aromatic carbocycles. The standard InChI is InChI=1S/C14H17N3O2/c1-15-9-11-4-5-13(19-2)12(8-11)10-17-7-3-6-16-14(17)18/h3-8,15H,9-10H2,1-2H3. The molecule has 0 aliphatic carbocycles. The van der Waals surface area contributed by atoms with Crippen LogP contribution in [0.4, 0.5) is 0 Å². The summed E-state index contributed by atoms with van der Waals surface area (Å²) in [6, 6.07) is 7.70. The lowest BCUT2D eigenvalue weighted by Gasteiger charge is -2.12. The van der Waals surface area contributed by atoms with Gasteiger partial charge in [0, 0.05) is 24.5 Å². The van der Waals surface area contributed by atoms with Crippen molar-refractivity contribution in [1.82, 2.24) is 14.9 Å². The zero-order valence-corrected chi connectivity index (χ0v) is 11.1. The minimum absolute atomic E-state index is 0.261. The molecule has 0 radical (unpaired) electrons. The first-order chi connectivity index (χ1) is 9.24. The van der Waals surface area contributed by atoms with Crippen molar-refractivity contribution < 1.29 is 4.74 Å². The van der Waals surface area contributed by atoms with Crippen molar-refractivity contribution in [2.24, 2.45) is 0 Å². The first-order valence-corrected chi connectivity index (χ1v) is 6.06. The Labute approximate surface area is 111 Å². The molecule has 1 aromatic heterocycles. The van der Waals surface area contributed by atoms with Gasteiger partial charge in [-0.15, -0.1) is 0 Å². The van der Waals surface area contributed by atoms with Crippen LogP contribution in [0.2, 0.25) is 0 Å². The lowest BCUT2D eigenvalue weighted by atomic mass is 10.1. The minimum Gasteiger partial charge on any atom is -0.496 e. The second kappa shape index (κ2) is 6.15. The number of benzene rings is 1. The molecule has 0 spiro atoms. The Bertz CT molecular complexity index is 608. The molecule has 2 rings (SSSR count). The van der Waals surface area contributed by atoms with Gasteiger partial charge < -0.3 is 10.1 Å². The van der Waals surface area contributed by atoms with E-state index in [-0.39, 0.29) is 5.69 Å². The van der Waals surface area contributed by atoms with E-state index in [1.54, 1.807) is 23.9 Å². The molecule has 0 saturated heterocycles. The van der Waals surface area contributed by atoms with E-state index in [9.17, 15) is 4.79 Å². The predicted molar refractivity (Wildman–Crippen MR) is 73.4 cm³/mol. The van der Waals surface area contributed by atoms with Gasteiger partial charge in [0.25, 0.3) is 0 Å². The summed E-state index contributed by atoms with van der Waals surface area (Å²) in [4.78, 5) is 15.4. The largest absolute Gasteiger partial charge is 0.496 e. The minimum atomic E-state index is -0.261. The van der Waals surface area contributed by atoms with Crippen LogP contribution in [0.3, 0.4) is 0 Å². The average Bonchev–Trinajstić information content (AvgIpc) is 2.42. The van der Waals surface area contributed by atoms with Crippen LogP contribution >= 0.6 is 0 Å². The van der Waals surface area contributed by atoms with Gasteiger partial charge in [-0.25, -0.2) is 9.78 Å². The second-order valence-corrected chi connectivity index (χ2v) is 4.21. The molecule has 0 fully saturated rings. The van der Waals surface area contributed by atoms with Gasteiger partial charge in [0.15, 0.2) is 0 Å². The van der Waals surface area contributed by atoms with Crippen LogP contribution in [0.25, 0.3) is 0 Å². The summed E-state index contributed by atoms with van der Waals surface area (Å²) in [7, 11) is 3.53. The molecule has 1 N–H and O–H groups in total. The first kappa shape index (κ1) is 13.3. The maximum Gasteiger partial charge on any atom is 0.347 e. The topological polar surface area (TPSA) is 56.1 Å². The van der Waals surface area contributed by atoms with Gasteiger partial charge in [-0.2, -0.15) is 0 Å². The molecule has 0 atom stereocenters. The van der Waals surface area contributed by atoms with Crippen molar-refractivity contribution in [3.05, 3.63) is 58.3 Å². The number of nitrogens with zero attached hydrogens (tertiary/aromatic N) is 2. The van der Waals surface area contributed by atoms with E-state index < -0.39 is 0 Å². The van der Waals surface area contributed by atoms with Crippen molar-refractivity contribution in [2.45, 2.75) is 13.1 Å². The van der Waals surface area contributed by atoms with Crippen LogP contribution in [0, 0.1) is 0 Å². The fourth-order valence-corrected chi connectivity index (χ4v) is 1.96. The summed E-state index contributed by atoms with van der Waals surface area (Å²) in [6.07, 6.45) is 3.22. The fraction of sp³-hybridized carbons (Fsp3) is 0.286. The number of methoxy groups -OCH3 is 1. The highest BCUT2D eigenvalue weighted by molar-refractivity contribution is 5.37. The molecular weight excluding hydrogens is 242 g/mol. The molecule has 0 saturated carbocycles. The SMILES string of the molecule is CNCc1ccc(OC)c(Cn2cccnc2=O)c1. The summed E-state index contributed by atoms with van der Waals surface area (Å²) < 4.78 is 6.89. The van der Waals surface area contributed by atoms with E-state index in [1.807, 2.05) is 25.2 Å². The number of rotatable bonds is 5. The quantitative estimate of drug-likeness (QED) is 0.871. The fourth-order valence-electron chi connectivity index (χ4n) is 1.96. The molecule has 5 heteroatoms. The zero-order valence-electron chi connectivity index (χ0n) is 11.1. The van der Waals surface area contributed by atoms with Crippen molar-refractivity contribution >= 4 is 0 Å². The van der Waals surface area contributed by atoms with Crippen LogP contribution in [-0.2, 0) is 13.1 Å². The Hall–Kier alpha value is -2.14. The third kappa shape index (κ3) is 3.20. The number of nitrogens with one attached hydrogen (secondary N) is 1. The molecule has 5 nitrogen and oxygen atoms in total. The summed E-state index contributed by atoms with van der Waals surface area (Å²) in [5.74, 6) is 0.774. The number of ether oxygens (including phenoxy) is 1. The normalized spacial score (nSPS) is 10.4. The molecule has 0 aliphatic heterocycles. The van der Waals surface area contributed by atoms with E-state index in [0.717, 1.165) is 23.4 Å². The Balaban J connectivity index is 2.34. The van der Waals surface area contributed by atoms with Crippen molar-refractivity contribution in [3.63, 3.8) is 0 Å². The van der Waals surface area contributed by atoms with E-state index in [0.29, 0.717) is 6.54 Å². The molecule has 100 valence electrons. The summed E-state index contributed by atoms with van der Waals surface area (Å²) >= 11 is 0. The van der Waals surface area contributed by atoms with Gasteiger partial charge >= 0.3 is 5.69 Å². The average molecular weight is 259 g/mol. The second-order valence-electron chi connectivity index (χ2n) is 4.21. The third-order valence-corrected chi connectivity index (χ3v) is 2.85. The van der Waals surface area contributed by atoms with Crippen molar-refractivity contribution in [3.8, 4) is 5.75 Å². The summed E-state index contributed by atoms with van der Waals surface area (Å²) in [5, 5.41) is 3.10. The lowest BCUT2D eigenvalue weighted by molar-refractivity contribution is 0.407. The molecule has 0 aliphatic rings. The van der Waals surface area contributed by atoms with Crippen molar-refractivity contribution in [1.29, 1.82) is 0 Å². The highest BCUT2D eigenvalue weighted by Crippen LogP contribution is 2.20. The smallest absolute Gasteiger partial charge is 0.347 e. The molecule has 0 bridgehead atoms. The van der Waals surface area contributed by atoms with E-state index in [1.165, 1.54) is 6.20 Å². The predicted octanol–water partition coefficient (Wildman–Crippen LogP) is 1.02. The van der Waals surface area contributed by atoms with Crippen LogP contribution < -0.4 is 15.7 Å². The molecule has 0 unspecified atom stereocenters. The molecule has 19 heavy (non-hydrogen) atoms. The Kier molecular flexibility index (Phi) is 4.30. The maximum absolute atomic E-state index is 11.6. The van der Waals surface area contributed by atoms with Gasteiger partial charge in [-0.05, 0) is 30.8 Å². The molecular formula is C14H17N3O2. The summed E-state index contributed by atoms with van der Waals surface area (Å²) in [6.45, 7) is 1.23. The van der Waals surface area contributed by atoms with Crippen LogP contribution in [0.15, 0.2) is 41.5 Å². The maximum atomic E-state index is 11.6. The zero-order chi connectivity index (χ0) is 13.7. The number of aromatic nitrogens is 2. The van der Waals surface area contributed by atoms with Gasteiger partial charge in [-0.1, -0.05) is 6.07 Å². The van der Waals surface area contributed by atoms with Crippen LogP contribution in [0.1, 0.15) is 11.1 Å².